The van der Waals surface area contributed by atoms with Crippen molar-refractivity contribution in [1.82, 2.24) is 0 Å². The Balaban J connectivity index is 3.08. The number of esters is 1. The summed E-state index contributed by atoms with van der Waals surface area (Å²) in [5, 5.41) is 0. The van der Waals surface area contributed by atoms with Gasteiger partial charge in [-0.25, -0.2) is 0 Å². The highest BCUT2D eigenvalue weighted by Gasteiger charge is 2.11. The number of nitrogen functional groups attached to an aromatic ring is 1. The molecule has 3 heteroatoms. The van der Waals surface area contributed by atoms with Crippen molar-refractivity contribution in [3.05, 3.63) is 23.8 Å². The fourth-order valence-corrected chi connectivity index (χ4v) is 1.42. The van der Waals surface area contributed by atoms with Gasteiger partial charge in [0, 0.05) is 12.6 Å². The lowest BCUT2D eigenvalue weighted by molar-refractivity contribution is -0.131. The van der Waals surface area contributed by atoms with E-state index in [1.807, 2.05) is 6.07 Å². The molecule has 0 heterocycles. The van der Waals surface area contributed by atoms with E-state index in [0.717, 1.165) is 12.0 Å². The Morgan fingerprint density at radius 2 is 2.20 bits per heavy atom. The van der Waals surface area contributed by atoms with Gasteiger partial charge in [-0.2, -0.15) is 0 Å². The van der Waals surface area contributed by atoms with Gasteiger partial charge in [-0.15, -0.1) is 0 Å². The molecule has 3 nitrogen and oxygen atoms in total. The molecule has 0 aromatic heterocycles. The predicted molar refractivity (Wildman–Crippen MR) is 60.9 cm³/mol. The third kappa shape index (κ3) is 2.98. The van der Waals surface area contributed by atoms with E-state index in [-0.39, 0.29) is 5.97 Å². The molecule has 2 N–H and O–H groups in total. The third-order valence-corrected chi connectivity index (χ3v) is 2.43. The van der Waals surface area contributed by atoms with Crippen molar-refractivity contribution in [1.29, 1.82) is 0 Å². The Hall–Kier alpha value is -1.51. The Morgan fingerprint density at radius 3 is 2.73 bits per heavy atom. The summed E-state index contributed by atoms with van der Waals surface area (Å²) in [6.45, 7) is 5.57. The molecule has 1 unspecified atom stereocenters. The molecule has 0 aliphatic rings. The standard InChI is InChI=1S/C12H17NO2/c1-4-8(2)11-7-10(13)5-6-12(11)15-9(3)14/h5-8H,4,13H2,1-3H3. The number of hydrogen-bond acceptors (Lipinski definition) is 3. The van der Waals surface area contributed by atoms with E-state index in [1.165, 1.54) is 6.92 Å². The molecular formula is C12H17NO2. The quantitative estimate of drug-likeness (QED) is 0.471. The van der Waals surface area contributed by atoms with Gasteiger partial charge in [0.15, 0.2) is 0 Å². The highest BCUT2D eigenvalue weighted by atomic mass is 16.5. The van der Waals surface area contributed by atoms with Crippen LogP contribution in [0.15, 0.2) is 18.2 Å². The lowest BCUT2D eigenvalue weighted by Crippen LogP contribution is -2.06. The Morgan fingerprint density at radius 1 is 1.53 bits per heavy atom. The number of anilines is 1. The zero-order chi connectivity index (χ0) is 11.4. The van der Waals surface area contributed by atoms with Crippen LogP contribution in [0, 0.1) is 0 Å². The van der Waals surface area contributed by atoms with E-state index >= 15 is 0 Å². The van der Waals surface area contributed by atoms with Crippen LogP contribution < -0.4 is 10.5 Å². The zero-order valence-electron chi connectivity index (χ0n) is 9.41. The summed E-state index contributed by atoms with van der Waals surface area (Å²) in [7, 11) is 0. The van der Waals surface area contributed by atoms with Crippen LogP contribution in [0.4, 0.5) is 5.69 Å². The predicted octanol–water partition coefficient (Wildman–Crippen LogP) is 2.71. The van der Waals surface area contributed by atoms with Gasteiger partial charge in [-0.05, 0) is 36.1 Å². The van der Waals surface area contributed by atoms with Crippen LogP contribution in [-0.2, 0) is 4.79 Å². The average molecular weight is 207 g/mol. The van der Waals surface area contributed by atoms with Crippen molar-refractivity contribution < 1.29 is 9.53 Å². The molecule has 0 amide bonds. The second-order valence-corrected chi connectivity index (χ2v) is 3.70. The van der Waals surface area contributed by atoms with Crippen LogP contribution in [0.1, 0.15) is 38.7 Å². The number of carbonyl (C=O) groups excluding carboxylic acids is 1. The van der Waals surface area contributed by atoms with Gasteiger partial charge in [0.1, 0.15) is 5.75 Å². The fourth-order valence-electron chi connectivity index (χ4n) is 1.42. The second kappa shape index (κ2) is 4.82. The van der Waals surface area contributed by atoms with Gasteiger partial charge in [0.05, 0.1) is 0 Å². The summed E-state index contributed by atoms with van der Waals surface area (Å²) < 4.78 is 5.13. The van der Waals surface area contributed by atoms with E-state index in [1.54, 1.807) is 12.1 Å². The van der Waals surface area contributed by atoms with Gasteiger partial charge < -0.3 is 10.5 Å². The highest BCUT2D eigenvalue weighted by molar-refractivity contribution is 5.70. The number of nitrogens with two attached hydrogens (primary N) is 1. The smallest absolute Gasteiger partial charge is 0.308 e. The largest absolute Gasteiger partial charge is 0.426 e. The molecule has 82 valence electrons. The summed E-state index contributed by atoms with van der Waals surface area (Å²) in [5.74, 6) is 0.651. The van der Waals surface area contributed by atoms with Crippen LogP contribution >= 0.6 is 0 Å². The maximum absolute atomic E-state index is 10.9. The minimum atomic E-state index is -0.302. The van der Waals surface area contributed by atoms with Crippen molar-refractivity contribution in [2.75, 3.05) is 5.73 Å². The molecule has 0 aliphatic heterocycles. The first-order valence-corrected chi connectivity index (χ1v) is 5.12. The number of ether oxygens (including phenoxy) is 1. The van der Waals surface area contributed by atoms with Crippen molar-refractivity contribution in [3.8, 4) is 5.75 Å². The number of rotatable bonds is 3. The van der Waals surface area contributed by atoms with Crippen LogP contribution in [0.2, 0.25) is 0 Å². The molecular weight excluding hydrogens is 190 g/mol. The number of hydrogen-bond donors (Lipinski definition) is 1. The van der Waals surface area contributed by atoms with E-state index in [0.29, 0.717) is 17.4 Å². The van der Waals surface area contributed by atoms with Crippen molar-refractivity contribution >= 4 is 11.7 Å². The van der Waals surface area contributed by atoms with Gasteiger partial charge in [-0.3, -0.25) is 4.79 Å². The van der Waals surface area contributed by atoms with Crippen molar-refractivity contribution in [2.45, 2.75) is 33.1 Å². The monoisotopic (exact) mass is 207 g/mol. The van der Waals surface area contributed by atoms with Crippen molar-refractivity contribution in [3.63, 3.8) is 0 Å². The summed E-state index contributed by atoms with van der Waals surface area (Å²) in [6.07, 6.45) is 0.984. The molecule has 0 aliphatic carbocycles. The van der Waals surface area contributed by atoms with E-state index in [9.17, 15) is 4.79 Å². The molecule has 1 aromatic carbocycles. The molecule has 1 rings (SSSR count). The lowest BCUT2D eigenvalue weighted by atomic mass is 9.97. The normalized spacial score (nSPS) is 12.2. The molecule has 0 fully saturated rings. The Kier molecular flexibility index (Phi) is 3.72. The molecule has 1 atom stereocenters. The number of carbonyl (C=O) groups is 1. The molecule has 0 bridgehead atoms. The van der Waals surface area contributed by atoms with E-state index < -0.39 is 0 Å². The molecule has 15 heavy (non-hydrogen) atoms. The first-order chi connectivity index (χ1) is 7.04. The second-order valence-electron chi connectivity index (χ2n) is 3.70. The maximum Gasteiger partial charge on any atom is 0.308 e. The molecule has 0 saturated carbocycles. The van der Waals surface area contributed by atoms with E-state index in [4.69, 9.17) is 10.5 Å². The summed E-state index contributed by atoms with van der Waals surface area (Å²) in [4.78, 5) is 10.9. The lowest BCUT2D eigenvalue weighted by Gasteiger charge is -2.14. The molecule has 1 aromatic rings. The average Bonchev–Trinajstić information content (AvgIpc) is 2.19. The van der Waals surface area contributed by atoms with Gasteiger partial charge in [-0.1, -0.05) is 13.8 Å². The van der Waals surface area contributed by atoms with Crippen molar-refractivity contribution in [2.24, 2.45) is 0 Å². The van der Waals surface area contributed by atoms with Gasteiger partial charge in [0.25, 0.3) is 0 Å². The summed E-state index contributed by atoms with van der Waals surface area (Å²) in [6, 6.07) is 5.36. The first kappa shape index (κ1) is 11.6. The van der Waals surface area contributed by atoms with E-state index in [2.05, 4.69) is 13.8 Å². The molecule has 0 saturated heterocycles. The van der Waals surface area contributed by atoms with Crippen LogP contribution in [0.25, 0.3) is 0 Å². The minimum Gasteiger partial charge on any atom is -0.426 e. The topological polar surface area (TPSA) is 52.3 Å². The minimum absolute atomic E-state index is 0.302. The number of benzene rings is 1. The zero-order valence-corrected chi connectivity index (χ0v) is 9.41. The van der Waals surface area contributed by atoms with Crippen LogP contribution in [-0.4, -0.2) is 5.97 Å². The summed E-state index contributed by atoms with van der Waals surface area (Å²) in [5.41, 5.74) is 7.40. The SMILES string of the molecule is CCC(C)c1cc(N)ccc1OC(C)=O. The van der Waals surface area contributed by atoms with Crippen LogP contribution in [0.5, 0.6) is 5.75 Å². The van der Waals surface area contributed by atoms with Gasteiger partial charge in [0.2, 0.25) is 0 Å². The first-order valence-electron chi connectivity index (χ1n) is 5.12. The Bertz CT molecular complexity index is 361. The third-order valence-electron chi connectivity index (χ3n) is 2.43. The summed E-state index contributed by atoms with van der Waals surface area (Å²) >= 11 is 0. The maximum atomic E-state index is 10.9. The van der Waals surface area contributed by atoms with Crippen LogP contribution in [0.3, 0.4) is 0 Å². The molecule has 0 spiro atoms. The van der Waals surface area contributed by atoms with Gasteiger partial charge >= 0.3 is 5.97 Å². The fraction of sp³-hybridized carbons (Fsp3) is 0.417. The Labute approximate surface area is 90.2 Å². The molecule has 0 radical (unpaired) electrons. The highest BCUT2D eigenvalue weighted by Crippen LogP contribution is 2.30.